The molecule has 0 amide bonds. The molecule has 0 saturated heterocycles. The molecule has 0 aliphatic carbocycles. The van der Waals surface area contributed by atoms with Gasteiger partial charge >= 0.3 is 43.3 Å². The summed E-state index contributed by atoms with van der Waals surface area (Å²) in [7, 11) is 0. The number of rotatable bonds is 0. The molecule has 6 nitrogen and oxygen atoms in total. The van der Waals surface area contributed by atoms with Gasteiger partial charge in [-0.05, 0) is 0 Å². The fraction of sp³-hybridized carbons (Fsp3) is 0. The smallest absolute Gasteiger partial charge is 0.512 e. The molecule has 0 heterocycles. The van der Waals surface area contributed by atoms with Crippen LogP contribution in [0.15, 0.2) is 0 Å². The van der Waals surface area contributed by atoms with Crippen molar-refractivity contribution in [1.82, 2.24) is 0 Å². The molecule has 0 aromatic rings. The van der Waals surface area contributed by atoms with Gasteiger partial charge < -0.3 is 71.0 Å². The minimum Gasteiger partial charge on any atom is -0.512 e. The summed E-state index contributed by atoms with van der Waals surface area (Å²) in [5, 5.41) is 37.5. The second-order valence-corrected chi connectivity index (χ2v) is 0. The molecule has 0 aromatic carbocycles. The SMILES string of the molecule is [C-]#N.[C-]#N.[C-]#N.[C-]#N.[C-]#N.[C-]#N.[Fe+2].[Zr+4]. The summed E-state index contributed by atoms with van der Waals surface area (Å²) in [6.07, 6.45) is 0. The first-order valence-corrected chi connectivity index (χ1v) is 1.34. The zero-order chi connectivity index (χ0) is 12.0. The zero-order valence-electron chi connectivity index (χ0n) is 6.54. The summed E-state index contributed by atoms with van der Waals surface area (Å²) >= 11 is 0. The van der Waals surface area contributed by atoms with E-state index in [4.69, 9.17) is 71.0 Å². The van der Waals surface area contributed by atoms with Crippen LogP contribution in [0.4, 0.5) is 0 Å². The first kappa shape index (κ1) is 84.2. The Morgan fingerprint density at radius 3 is 0.357 bits per heavy atom. The normalized spacial score (nSPS) is 0.857. The molecule has 0 aromatic heterocycles. The van der Waals surface area contributed by atoms with Crippen LogP contribution >= 0.6 is 0 Å². The van der Waals surface area contributed by atoms with Gasteiger partial charge in [0.2, 0.25) is 0 Å². The molecule has 0 radical (unpaired) electrons. The van der Waals surface area contributed by atoms with Gasteiger partial charge in [-0.2, -0.15) is 0 Å². The predicted molar refractivity (Wildman–Crippen MR) is 29.8 cm³/mol. The number of hydrogen-bond acceptors (Lipinski definition) is 6. The molecule has 66 valence electrons. The minimum atomic E-state index is 0. The summed E-state index contributed by atoms with van der Waals surface area (Å²) in [6.45, 7) is 28.5. The van der Waals surface area contributed by atoms with E-state index in [1.165, 1.54) is 0 Å². The van der Waals surface area contributed by atoms with Crippen molar-refractivity contribution in [3.8, 4) is 0 Å². The topological polar surface area (TPSA) is 143 Å². The van der Waals surface area contributed by atoms with E-state index in [2.05, 4.69) is 0 Å². The number of nitrogens with zero attached hydrogens (tertiary/aromatic N) is 6. The first-order valence-electron chi connectivity index (χ1n) is 1.34. The van der Waals surface area contributed by atoms with E-state index < -0.39 is 0 Å². The van der Waals surface area contributed by atoms with Crippen LogP contribution in [0, 0.1) is 71.0 Å². The van der Waals surface area contributed by atoms with E-state index in [0.717, 1.165) is 0 Å². The summed E-state index contributed by atoms with van der Waals surface area (Å²) in [6, 6.07) is 0. The Hall–Kier alpha value is -1.66. The van der Waals surface area contributed by atoms with E-state index in [-0.39, 0.29) is 43.3 Å². The molecule has 0 spiro atoms. The van der Waals surface area contributed by atoms with E-state index in [1.54, 1.807) is 0 Å². The fourth-order valence-corrected chi connectivity index (χ4v) is 0. The van der Waals surface area contributed by atoms with Gasteiger partial charge in [-0.25, -0.2) is 0 Å². The van der Waals surface area contributed by atoms with Gasteiger partial charge in [-0.15, -0.1) is 0 Å². The van der Waals surface area contributed by atoms with E-state index >= 15 is 0 Å². The molecule has 0 atom stereocenters. The standard InChI is InChI=1S/6CN.Fe.Zr/c6*1-2;;/q6*-1;+2;+4. The van der Waals surface area contributed by atoms with Crippen LogP contribution in [-0.4, -0.2) is 0 Å². The van der Waals surface area contributed by atoms with Gasteiger partial charge in [0, 0.05) is 0 Å². The maximum absolute atomic E-state index is 6.25. The molecule has 0 rings (SSSR count). The first-order chi connectivity index (χ1) is 6.00. The van der Waals surface area contributed by atoms with Crippen molar-refractivity contribution in [2.75, 3.05) is 0 Å². The Morgan fingerprint density at radius 2 is 0.357 bits per heavy atom. The molecule has 0 fully saturated rings. The van der Waals surface area contributed by atoms with Crippen LogP contribution in [0.2, 0.25) is 0 Å². The second kappa shape index (κ2) is 442. The summed E-state index contributed by atoms with van der Waals surface area (Å²) in [5.41, 5.74) is 0. The van der Waals surface area contributed by atoms with Gasteiger partial charge in [0.05, 0.1) is 0 Å². The van der Waals surface area contributed by atoms with Gasteiger partial charge in [-0.1, -0.05) is 0 Å². The Kier molecular flexibility index (Phi) is 2660. The van der Waals surface area contributed by atoms with Crippen molar-refractivity contribution in [3.05, 3.63) is 39.4 Å². The molecule has 14 heavy (non-hydrogen) atoms. The average molecular weight is 303 g/mol. The van der Waals surface area contributed by atoms with Crippen LogP contribution in [-0.2, 0) is 43.3 Å². The van der Waals surface area contributed by atoms with Crippen molar-refractivity contribution in [1.29, 1.82) is 31.6 Å². The maximum atomic E-state index is 6.25. The number of hydrogen-bond donors (Lipinski definition) is 0. The summed E-state index contributed by atoms with van der Waals surface area (Å²) in [4.78, 5) is 0. The molecule has 0 aliphatic rings. The van der Waals surface area contributed by atoms with Crippen LogP contribution < -0.4 is 0 Å². The third-order valence-electron chi connectivity index (χ3n) is 0. The van der Waals surface area contributed by atoms with Crippen molar-refractivity contribution in [3.63, 3.8) is 0 Å². The summed E-state index contributed by atoms with van der Waals surface area (Å²) in [5.74, 6) is 0. The van der Waals surface area contributed by atoms with Crippen molar-refractivity contribution < 1.29 is 43.3 Å². The fourth-order valence-electron chi connectivity index (χ4n) is 0. The molecule has 8 heteroatoms. The third-order valence-corrected chi connectivity index (χ3v) is 0. The van der Waals surface area contributed by atoms with Crippen LogP contribution in [0.5, 0.6) is 0 Å². The van der Waals surface area contributed by atoms with Gasteiger partial charge in [0.1, 0.15) is 0 Å². The third kappa shape index (κ3) is 329. The maximum Gasteiger partial charge on any atom is 4.00 e. The van der Waals surface area contributed by atoms with E-state index in [0.29, 0.717) is 0 Å². The van der Waals surface area contributed by atoms with Gasteiger partial charge in [0.15, 0.2) is 0 Å². The van der Waals surface area contributed by atoms with Crippen LogP contribution in [0.1, 0.15) is 0 Å². The summed E-state index contributed by atoms with van der Waals surface area (Å²) < 4.78 is 0. The average Bonchev–Trinajstić information content (AvgIpc) is 2.33. The molecule has 0 aliphatic heterocycles. The minimum absolute atomic E-state index is 0. The molecule has 0 unspecified atom stereocenters. The van der Waals surface area contributed by atoms with Crippen molar-refractivity contribution in [2.24, 2.45) is 0 Å². The van der Waals surface area contributed by atoms with Crippen molar-refractivity contribution >= 4 is 0 Å². The van der Waals surface area contributed by atoms with Crippen LogP contribution in [0.3, 0.4) is 0 Å². The molecule has 0 bridgehead atoms. The Labute approximate surface area is 114 Å². The quantitative estimate of drug-likeness (QED) is 0.472. The monoisotopic (exact) mass is 302 g/mol. The van der Waals surface area contributed by atoms with Gasteiger partial charge in [-0.3, -0.25) is 0 Å². The zero-order valence-corrected chi connectivity index (χ0v) is 10.1. The van der Waals surface area contributed by atoms with E-state index in [1.807, 2.05) is 0 Å². The van der Waals surface area contributed by atoms with E-state index in [9.17, 15) is 0 Å². The molecule has 0 N–H and O–H groups in total. The predicted octanol–water partition coefficient (Wildman–Crippen LogP) is 0.573. The van der Waals surface area contributed by atoms with Crippen LogP contribution in [0.25, 0.3) is 0 Å². The Bertz CT molecular complexity index is 97.3. The molecular formula is C6FeN6Zr. The molecular weight excluding hydrogens is 303 g/mol. The Balaban J connectivity index is -0.00000000500. The largest absolute Gasteiger partial charge is 4.00 e. The van der Waals surface area contributed by atoms with Crippen molar-refractivity contribution in [2.45, 2.75) is 0 Å². The Morgan fingerprint density at radius 1 is 0.357 bits per heavy atom. The van der Waals surface area contributed by atoms with Gasteiger partial charge in [0.25, 0.3) is 0 Å². The second-order valence-electron chi connectivity index (χ2n) is 0. The molecule has 0 saturated carbocycles.